The molecular weight excluding hydrogens is 184 g/mol. The van der Waals surface area contributed by atoms with Crippen LogP contribution in [0.1, 0.15) is 22.6 Å². The Morgan fingerprint density at radius 1 is 1.27 bits per heavy atom. The summed E-state index contributed by atoms with van der Waals surface area (Å²) in [6.07, 6.45) is 0. The molecule has 2 rings (SSSR count). The third kappa shape index (κ3) is 2.06. The van der Waals surface area contributed by atoms with Crippen molar-refractivity contribution in [3.8, 4) is 0 Å². The van der Waals surface area contributed by atoms with Crippen molar-refractivity contribution in [3.05, 3.63) is 34.9 Å². The second-order valence-corrected chi connectivity index (χ2v) is 4.85. The average molecular weight is 204 g/mol. The molecule has 82 valence electrons. The van der Waals surface area contributed by atoms with Gasteiger partial charge < -0.3 is 10.6 Å². The molecule has 1 aliphatic rings. The molecule has 2 N–H and O–H groups in total. The Balaban J connectivity index is 2.32. The van der Waals surface area contributed by atoms with Gasteiger partial charge in [-0.3, -0.25) is 0 Å². The van der Waals surface area contributed by atoms with Gasteiger partial charge in [-0.05, 0) is 32.0 Å². The van der Waals surface area contributed by atoms with Crippen molar-refractivity contribution in [2.45, 2.75) is 25.8 Å². The van der Waals surface area contributed by atoms with Crippen molar-refractivity contribution in [2.24, 2.45) is 5.73 Å². The predicted octanol–water partition coefficient (Wildman–Crippen LogP) is 1.66. The first-order valence-corrected chi connectivity index (χ1v) is 5.59. The van der Waals surface area contributed by atoms with Gasteiger partial charge in [-0.2, -0.15) is 0 Å². The molecule has 0 radical (unpaired) electrons. The molecule has 2 atom stereocenters. The first kappa shape index (κ1) is 10.7. The van der Waals surface area contributed by atoms with Gasteiger partial charge in [0.25, 0.3) is 0 Å². The van der Waals surface area contributed by atoms with E-state index in [9.17, 15) is 0 Å². The van der Waals surface area contributed by atoms with Gasteiger partial charge in [0, 0.05) is 25.0 Å². The fourth-order valence-electron chi connectivity index (χ4n) is 2.52. The minimum Gasteiger partial charge on any atom is -0.326 e. The van der Waals surface area contributed by atoms with Gasteiger partial charge >= 0.3 is 0 Å². The van der Waals surface area contributed by atoms with Crippen LogP contribution in [0.3, 0.4) is 0 Å². The number of hydrogen-bond acceptors (Lipinski definition) is 2. The summed E-state index contributed by atoms with van der Waals surface area (Å²) in [5.74, 6) is 0.509. The Labute approximate surface area is 92.1 Å². The molecule has 1 fully saturated rings. The third-order valence-electron chi connectivity index (χ3n) is 3.38. The molecule has 1 heterocycles. The maximum Gasteiger partial charge on any atom is 0.0249 e. The lowest BCUT2D eigenvalue weighted by molar-refractivity contribution is 0.407. The number of benzene rings is 1. The Hall–Kier alpha value is -0.860. The number of aryl methyl sites for hydroxylation is 2. The SMILES string of the molecule is Cc1ccc(C)c(C2CN(C)CC2N)c1. The highest BCUT2D eigenvalue weighted by atomic mass is 15.1. The summed E-state index contributed by atoms with van der Waals surface area (Å²) in [6, 6.07) is 6.95. The van der Waals surface area contributed by atoms with Crippen LogP contribution in [0.5, 0.6) is 0 Å². The van der Waals surface area contributed by atoms with Crippen molar-refractivity contribution in [3.63, 3.8) is 0 Å². The zero-order chi connectivity index (χ0) is 11.0. The first-order chi connectivity index (χ1) is 7.08. The van der Waals surface area contributed by atoms with Gasteiger partial charge in [0.2, 0.25) is 0 Å². The maximum atomic E-state index is 6.18. The van der Waals surface area contributed by atoms with E-state index in [1.165, 1.54) is 16.7 Å². The van der Waals surface area contributed by atoms with Crippen LogP contribution in [0.4, 0.5) is 0 Å². The molecule has 0 saturated carbocycles. The van der Waals surface area contributed by atoms with Crippen LogP contribution in [0.15, 0.2) is 18.2 Å². The molecule has 0 bridgehead atoms. The summed E-state index contributed by atoms with van der Waals surface area (Å²) in [5, 5.41) is 0. The average Bonchev–Trinajstić information content (AvgIpc) is 2.50. The molecule has 2 nitrogen and oxygen atoms in total. The van der Waals surface area contributed by atoms with Gasteiger partial charge in [0.05, 0.1) is 0 Å². The number of likely N-dealkylation sites (tertiary alicyclic amines) is 1. The van der Waals surface area contributed by atoms with Gasteiger partial charge in [0.1, 0.15) is 0 Å². The van der Waals surface area contributed by atoms with E-state index in [2.05, 4.69) is 44.0 Å². The molecule has 1 aliphatic heterocycles. The summed E-state index contributed by atoms with van der Waals surface area (Å²) >= 11 is 0. The zero-order valence-electron chi connectivity index (χ0n) is 9.83. The van der Waals surface area contributed by atoms with E-state index in [4.69, 9.17) is 5.73 Å². The first-order valence-electron chi connectivity index (χ1n) is 5.59. The van der Waals surface area contributed by atoms with Crippen LogP contribution in [-0.4, -0.2) is 31.1 Å². The lowest BCUT2D eigenvalue weighted by Gasteiger charge is -2.17. The Morgan fingerprint density at radius 3 is 2.60 bits per heavy atom. The van der Waals surface area contributed by atoms with Crippen molar-refractivity contribution >= 4 is 0 Å². The monoisotopic (exact) mass is 204 g/mol. The van der Waals surface area contributed by atoms with Gasteiger partial charge in [-0.15, -0.1) is 0 Å². The summed E-state index contributed by atoms with van der Waals surface area (Å²) in [5.41, 5.74) is 10.3. The third-order valence-corrected chi connectivity index (χ3v) is 3.38. The highest BCUT2D eigenvalue weighted by molar-refractivity contribution is 5.35. The highest BCUT2D eigenvalue weighted by Crippen LogP contribution is 2.28. The van der Waals surface area contributed by atoms with E-state index in [0.717, 1.165) is 13.1 Å². The summed E-state index contributed by atoms with van der Waals surface area (Å²) in [7, 11) is 2.14. The van der Waals surface area contributed by atoms with Crippen LogP contribution in [0, 0.1) is 13.8 Å². The van der Waals surface area contributed by atoms with Crippen molar-refractivity contribution in [1.82, 2.24) is 4.90 Å². The van der Waals surface area contributed by atoms with Crippen LogP contribution in [0.2, 0.25) is 0 Å². The van der Waals surface area contributed by atoms with Crippen LogP contribution < -0.4 is 5.73 Å². The predicted molar refractivity (Wildman–Crippen MR) is 64.1 cm³/mol. The number of nitrogens with zero attached hydrogens (tertiary/aromatic N) is 1. The molecule has 2 unspecified atom stereocenters. The Morgan fingerprint density at radius 2 is 2.00 bits per heavy atom. The summed E-state index contributed by atoms with van der Waals surface area (Å²) in [6.45, 7) is 6.43. The van der Waals surface area contributed by atoms with Crippen LogP contribution >= 0.6 is 0 Å². The number of hydrogen-bond donors (Lipinski definition) is 1. The minimum absolute atomic E-state index is 0.287. The van der Waals surface area contributed by atoms with Crippen LogP contribution in [0.25, 0.3) is 0 Å². The number of rotatable bonds is 1. The quantitative estimate of drug-likeness (QED) is 0.754. The smallest absolute Gasteiger partial charge is 0.0249 e. The fraction of sp³-hybridized carbons (Fsp3) is 0.538. The standard InChI is InChI=1S/C13H20N2/c1-9-4-5-10(2)11(6-9)12-7-15(3)8-13(12)14/h4-6,12-13H,7-8,14H2,1-3H3. The number of nitrogens with two attached hydrogens (primary N) is 1. The zero-order valence-corrected chi connectivity index (χ0v) is 9.83. The van der Waals surface area contributed by atoms with E-state index in [1.54, 1.807) is 0 Å². The van der Waals surface area contributed by atoms with E-state index < -0.39 is 0 Å². The molecular formula is C13H20N2. The second-order valence-electron chi connectivity index (χ2n) is 4.85. The van der Waals surface area contributed by atoms with E-state index >= 15 is 0 Å². The van der Waals surface area contributed by atoms with E-state index in [0.29, 0.717) is 5.92 Å². The van der Waals surface area contributed by atoms with E-state index in [-0.39, 0.29) is 6.04 Å². The topological polar surface area (TPSA) is 29.3 Å². The Kier molecular flexibility index (Phi) is 2.81. The molecule has 0 aromatic heterocycles. The molecule has 0 amide bonds. The Bertz CT molecular complexity index is 360. The van der Waals surface area contributed by atoms with E-state index in [1.807, 2.05) is 0 Å². The molecule has 1 saturated heterocycles. The van der Waals surface area contributed by atoms with Crippen LogP contribution in [-0.2, 0) is 0 Å². The molecule has 0 spiro atoms. The largest absolute Gasteiger partial charge is 0.326 e. The molecule has 2 heteroatoms. The number of likely N-dealkylation sites (N-methyl/N-ethyl adjacent to an activating group) is 1. The van der Waals surface area contributed by atoms with Crippen molar-refractivity contribution in [1.29, 1.82) is 0 Å². The maximum absolute atomic E-state index is 6.18. The lowest BCUT2D eigenvalue weighted by atomic mass is 9.90. The highest BCUT2D eigenvalue weighted by Gasteiger charge is 2.29. The van der Waals surface area contributed by atoms with Gasteiger partial charge in [-0.1, -0.05) is 23.8 Å². The molecule has 1 aromatic carbocycles. The normalized spacial score (nSPS) is 27.2. The molecule has 0 aliphatic carbocycles. The van der Waals surface area contributed by atoms with Crippen molar-refractivity contribution < 1.29 is 0 Å². The fourth-order valence-corrected chi connectivity index (χ4v) is 2.52. The summed E-state index contributed by atoms with van der Waals surface area (Å²) < 4.78 is 0. The lowest BCUT2D eigenvalue weighted by Crippen LogP contribution is -2.28. The minimum atomic E-state index is 0.287. The molecule has 15 heavy (non-hydrogen) atoms. The second kappa shape index (κ2) is 3.95. The molecule has 1 aromatic rings. The van der Waals surface area contributed by atoms with Crippen molar-refractivity contribution in [2.75, 3.05) is 20.1 Å². The van der Waals surface area contributed by atoms with Gasteiger partial charge in [0.15, 0.2) is 0 Å². The summed E-state index contributed by atoms with van der Waals surface area (Å²) in [4.78, 5) is 2.32. The van der Waals surface area contributed by atoms with Gasteiger partial charge in [-0.25, -0.2) is 0 Å².